The first-order valence-corrected chi connectivity index (χ1v) is 5.64. The highest BCUT2D eigenvalue weighted by molar-refractivity contribution is 5.96. The molecule has 0 saturated carbocycles. The van der Waals surface area contributed by atoms with Gasteiger partial charge in [0.05, 0.1) is 12.2 Å². The van der Waals surface area contributed by atoms with Crippen LogP contribution in [-0.2, 0) is 22.4 Å². The fourth-order valence-electron chi connectivity index (χ4n) is 1.32. The van der Waals surface area contributed by atoms with Crippen LogP contribution >= 0.6 is 0 Å². The smallest absolute Gasteiger partial charge is 0.416 e. The number of hydrogen-bond acceptors (Lipinski definition) is 4. The van der Waals surface area contributed by atoms with Crippen LogP contribution in [0, 0.1) is 11.3 Å². The molecular weight excluding hydrogens is 289 g/mol. The first-order chi connectivity index (χ1) is 9.75. The maximum absolute atomic E-state index is 12.3. The fraction of sp³-hybridized carbons (Fsp3) is 0.231. The number of carbonyl (C=O) groups excluding carboxylic acids is 1. The SMILES string of the molecule is CC(O)=C(C#N)C(=O)NOCc1ccc(C(F)(F)F)cc1. The number of hydrogen-bond donors (Lipinski definition) is 2. The zero-order chi connectivity index (χ0) is 16.0. The number of halogens is 3. The lowest BCUT2D eigenvalue weighted by Gasteiger charge is -2.08. The molecular formula is C13H11F3N2O3. The second-order valence-corrected chi connectivity index (χ2v) is 3.99. The number of aliphatic hydroxyl groups is 1. The van der Waals surface area contributed by atoms with Gasteiger partial charge in [0, 0.05) is 0 Å². The minimum atomic E-state index is -4.42. The summed E-state index contributed by atoms with van der Waals surface area (Å²) in [6.07, 6.45) is -4.42. The number of rotatable bonds is 4. The van der Waals surface area contributed by atoms with Gasteiger partial charge in [-0.1, -0.05) is 12.1 Å². The molecule has 0 spiro atoms. The molecule has 1 aromatic carbocycles. The Morgan fingerprint density at radius 2 is 1.95 bits per heavy atom. The highest BCUT2D eigenvalue weighted by Crippen LogP contribution is 2.29. The number of allylic oxidation sites excluding steroid dienone is 1. The van der Waals surface area contributed by atoms with Crippen molar-refractivity contribution in [3.05, 3.63) is 46.7 Å². The summed E-state index contributed by atoms with van der Waals surface area (Å²) in [5.74, 6) is -1.41. The number of amides is 1. The van der Waals surface area contributed by atoms with E-state index in [4.69, 9.17) is 15.2 Å². The molecule has 8 heteroatoms. The number of nitrogens with zero attached hydrogens (tertiary/aromatic N) is 1. The van der Waals surface area contributed by atoms with Crippen LogP contribution in [-0.4, -0.2) is 11.0 Å². The summed E-state index contributed by atoms with van der Waals surface area (Å²) in [5.41, 5.74) is 0.999. The van der Waals surface area contributed by atoms with Crippen LogP contribution in [0.5, 0.6) is 0 Å². The Labute approximate surface area is 118 Å². The van der Waals surface area contributed by atoms with Gasteiger partial charge in [0.15, 0.2) is 5.57 Å². The molecule has 0 aromatic heterocycles. The van der Waals surface area contributed by atoms with Gasteiger partial charge in [0.2, 0.25) is 0 Å². The van der Waals surface area contributed by atoms with Crippen molar-refractivity contribution in [2.75, 3.05) is 0 Å². The van der Waals surface area contributed by atoms with Gasteiger partial charge in [0.25, 0.3) is 5.91 Å². The molecule has 0 aliphatic rings. The molecule has 0 aliphatic heterocycles. The number of hydroxylamine groups is 1. The van der Waals surface area contributed by atoms with Gasteiger partial charge in [-0.2, -0.15) is 18.4 Å². The normalized spacial score (nSPS) is 12.3. The molecule has 0 bridgehead atoms. The Balaban J connectivity index is 2.56. The lowest BCUT2D eigenvalue weighted by Crippen LogP contribution is -2.25. The molecule has 2 N–H and O–H groups in total. The third kappa shape index (κ3) is 4.81. The zero-order valence-corrected chi connectivity index (χ0v) is 10.9. The first-order valence-electron chi connectivity index (χ1n) is 5.64. The third-order valence-electron chi connectivity index (χ3n) is 2.39. The minimum Gasteiger partial charge on any atom is -0.511 e. The monoisotopic (exact) mass is 300 g/mol. The maximum Gasteiger partial charge on any atom is 0.416 e. The van der Waals surface area contributed by atoms with Gasteiger partial charge in [-0.05, 0) is 24.6 Å². The van der Waals surface area contributed by atoms with Crippen LogP contribution in [0.3, 0.4) is 0 Å². The average molecular weight is 300 g/mol. The quantitative estimate of drug-likeness (QED) is 0.387. The lowest BCUT2D eigenvalue weighted by atomic mass is 10.1. The molecule has 1 amide bonds. The summed E-state index contributed by atoms with van der Waals surface area (Å²) in [4.78, 5) is 16.1. The molecule has 0 aliphatic carbocycles. The first kappa shape index (κ1) is 16.5. The summed E-state index contributed by atoms with van der Waals surface area (Å²) < 4.78 is 37.0. The molecule has 0 unspecified atom stereocenters. The second-order valence-electron chi connectivity index (χ2n) is 3.99. The van der Waals surface area contributed by atoms with E-state index in [9.17, 15) is 18.0 Å². The van der Waals surface area contributed by atoms with Gasteiger partial charge in [-0.25, -0.2) is 5.48 Å². The van der Waals surface area contributed by atoms with Crippen molar-refractivity contribution in [3.8, 4) is 6.07 Å². The summed E-state index contributed by atoms with van der Waals surface area (Å²) >= 11 is 0. The molecule has 0 fully saturated rings. The van der Waals surface area contributed by atoms with Gasteiger partial charge in [-0.15, -0.1) is 0 Å². The van der Waals surface area contributed by atoms with E-state index in [0.717, 1.165) is 19.1 Å². The molecule has 0 saturated heterocycles. The van der Waals surface area contributed by atoms with E-state index in [2.05, 4.69) is 0 Å². The van der Waals surface area contributed by atoms with Crippen molar-refractivity contribution in [1.82, 2.24) is 5.48 Å². The summed E-state index contributed by atoms with van der Waals surface area (Å²) in [5, 5.41) is 17.6. The van der Waals surface area contributed by atoms with E-state index < -0.39 is 29.0 Å². The standard InChI is InChI=1S/C13H11F3N2O3/c1-8(19)11(6-17)12(20)18-21-7-9-2-4-10(5-3-9)13(14,15)16/h2-5,19H,7H2,1H3,(H,18,20). The number of nitrogens with one attached hydrogen (secondary N) is 1. The Bertz CT molecular complexity index is 582. The lowest BCUT2D eigenvalue weighted by molar-refractivity contribution is -0.137. The number of benzene rings is 1. The van der Waals surface area contributed by atoms with Crippen molar-refractivity contribution in [2.24, 2.45) is 0 Å². The summed E-state index contributed by atoms with van der Waals surface area (Å²) in [6.45, 7) is 0.973. The van der Waals surface area contributed by atoms with Crippen molar-refractivity contribution in [1.29, 1.82) is 5.26 Å². The van der Waals surface area contributed by atoms with Gasteiger partial charge in [-0.3, -0.25) is 9.63 Å². The van der Waals surface area contributed by atoms with E-state index >= 15 is 0 Å². The van der Waals surface area contributed by atoms with E-state index in [1.54, 1.807) is 0 Å². The van der Waals surface area contributed by atoms with Crippen molar-refractivity contribution < 1.29 is 27.9 Å². The topological polar surface area (TPSA) is 82.3 Å². The van der Waals surface area contributed by atoms with Crippen LogP contribution in [0.2, 0.25) is 0 Å². The Kier molecular flexibility index (Phi) is 5.32. The van der Waals surface area contributed by atoms with Crippen LogP contribution in [0.4, 0.5) is 13.2 Å². The minimum absolute atomic E-state index is 0.187. The molecule has 0 heterocycles. The molecule has 21 heavy (non-hydrogen) atoms. The van der Waals surface area contributed by atoms with Gasteiger partial charge >= 0.3 is 6.18 Å². The Morgan fingerprint density at radius 3 is 2.38 bits per heavy atom. The van der Waals surface area contributed by atoms with Crippen LogP contribution in [0.15, 0.2) is 35.6 Å². The van der Waals surface area contributed by atoms with Crippen LogP contribution in [0.25, 0.3) is 0 Å². The zero-order valence-electron chi connectivity index (χ0n) is 10.9. The summed E-state index contributed by atoms with van der Waals surface area (Å²) in [7, 11) is 0. The number of nitriles is 1. The second kappa shape index (κ2) is 6.76. The number of carbonyl (C=O) groups is 1. The maximum atomic E-state index is 12.3. The molecule has 5 nitrogen and oxygen atoms in total. The van der Waals surface area contributed by atoms with Gasteiger partial charge in [0.1, 0.15) is 11.8 Å². The highest BCUT2D eigenvalue weighted by Gasteiger charge is 2.29. The van der Waals surface area contributed by atoms with Gasteiger partial charge < -0.3 is 5.11 Å². The predicted molar refractivity (Wildman–Crippen MR) is 65.3 cm³/mol. The molecule has 112 valence electrons. The number of alkyl halides is 3. The highest BCUT2D eigenvalue weighted by atomic mass is 19.4. The summed E-state index contributed by atoms with van der Waals surface area (Å²) in [6, 6.07) is 5.67. The van der Waals surface area contributed by atoms with E-state index in [-0.39, 0.29) is 6.61 Å². The average Bonchev–Trinajstić information content (AvgIpc) is 2.38. The van der Waals surface area contributed by atoms with Crippen molar-refractivity contribution in [2.45, 2.75) is 19.7 Å². The molecule has 0 radical (unpaired) electrons. The molecule has 1 rings (SSSR count). The molecule has 1 aromatic rings. The van der Waals surface area contributed by atoms with Crippen molar-refractivity contribution in [3.63, 3.8) is 0 Å². The van der Waals surface area contributed by atoms with Crippen molar-refractivity contribution >= 4 is 5.91 Å². The predicted octanol–water partition coefficient (Wildman–Crippen LogP) is 2.61. The third-order valence-corrected chi connectivity index (χ3v) is 2.39. The Hall–Kier alpha value is -2.53. The van der Waals surface area contributed by atoms with Crippen LogP contribution < -0.4 is 5.48 Å². The largest absolute Gasteiger partial charge is 0.511 e. The molecule has 0 atom stereocenters. The van der Waals surface area contributed by atoms with E-state index in [0.29, 0.717) is 5.56 Å². The fourth-order valence-corrected chi connectivity index (χ4v) is 1.32. The number of aliphatic hydroxyl groups excluding tert-OH is 1. The van der Waals surface area contributed by atoms with Crippen LogP contribution in [0.1, 0.15) is 18.1 Å². The van der Waals surface area contributed by atoms with E-state index in [1.807, 2.05) is 5.48 Å². The van der Waals surface area contributed by atoms with E-state index in [1.165, 1.54) is 18.2 Å². The Morgan fingerprint density at radius 1 is 1.38 bits per heavy atom.